The van der Waals surface area contributed by atoms with Crippen molar-refractivity contribution < 1.29 is 14.4 Å². The first-order chi connectivity index (χ1) is 7.49. The molecule has 0 aliphatic carbocycles. The maximum absolute atomic E-state index is 11.3. The molecule has 0 fully saturated rings. The van der Waals surface area contributed by atoms with Crippen LogP contribution in [-0.2, 0) is 27.5 Å². The van der Waals surface area contributed by atoms with Crippen LogP contribution in [0.2, 0.25) is 0 Å². The normalized spacial score (nSPS) is 13.0. The lowest BCUT2D eigenvalue weighted by atomic mass is 10.1. The van der Waals surface area contributed by atoms with Crippen LogP contribution >= 0.6 is 18.4 Å². The standard InChI is InChI=1S/C9H10NO3PS2/c10-8(9(12)13-14(15)16)5-6-1-3-7(11)4-2-6/h1-4,8H,5,10H2,(H-,11,15,16)/p+1/t8-/m0/s1. The summed E-state index contributed by atoms with van der Waals surface area (Å²) in [7, 11) is 0. The second kappa shape index (κ2) is 6.15. The molecule has 0 heterocycles. The lowest BCUT2D eigenvalue weighted by Gasteiger charge is -2.06. The smallest absolute Gasteiger partial charge is 0.463 e. The molecule has 3 N–H and O–H groups in total. The van der Waals surface area contributed by atoms with E-state index in [4.69, 9.17) is 15.4 Å². The molecule has 0 radical (unpaired) electrons. The SMILES string of the molecule is N[C@@H](Cc1ccc(O)cc1)C(=O)O[P+](=S)S. The molecule has 4 nitrogen and oxygen atoms in total. The zero-order chi connectivity index (χ0) is 12.1. The Kier molecular flexibility index (Phi) is 5.15. The molecular formula is C9H11NO3PS2+. The number of hydrogen-bond donors (Lipinski definition) is 3. The molecular weight excluding hydrogens is 265 g/mol. The predicted molar refractivity (Wildman–Crippen MR) is 69.1 cm³/mol. The van der Waals surface area contributed by atoms with Crippen LogP contribution in [0, 0.1) is 0 Å². The van der Waals surface area contributed by atoms with Crippen molar-refractivity contribution in [2.45, 2.75) is 12.5 Å². The molecule has 0 aliphatic heterocycles. The maximum atomic E-state index is 11.3. The highest BCUT2D eigenvalue weighted by Crippen LogP contribution is 2.28. The van der Waals surface area contributed by atoms with Crippen molar-refractivity contribution in [3.8, 4) is 5.75 Å². The lowest BCUT2D eigenvalue weighted by Crippen LogP contribution is -2.32. The minimum atomic E-state index is -1.44. The van der Waals surface area contributed by atoms with Crippen LogP contribution in [0.3, 0.4) is 0 Å². The van der Waals surface area contributed by atoms with E-state index in [2.05, 4.69) is 24.1 Å². The van der Waals surface area contributed by atoms with E-state index in [0.717, 1.165) is 5.56 Å². The van der Waals surface area contributed by atoms with Crippen LogP contribution in [-0.4, -0.2) is 17.1 Å². The fourth-order valence-corrected chi connectivity index (χ4v) is 1.87. The highest BCUT2D eigenvalue weighted by Gasteiger charge is 2.22. The Morgan fingerprint density at radius 3 is 2.62 bits per heavy atom. The summed E-state index contributed by atoms with van der Waals surface area (Å²) >= 11 is 8.47. The van der Waals surface area contributed by atoms with Crippen LogP contribution < -0.4 is 5.73 Å². The molecule has 0 bridgehead atoms. The summed E-state index contributed by atoms with van der Waals surface area (Å²) in [5.41, 5.74) is 6.47. The highest BCUT2D eigenvalue weighted by molar-refractivity contribution is 8.54. The van der Waals surface area contributed by atoms with Gasteiger partial charge in [0.25, 0.3) is 0 Å². The maximum Gasteiger partial charge on any atom is 0.463 e. The molecule has 0 aromatic heterocycles. The Morgan fingerprint density at radius 2 is 2.12 bits per heavy atom. The number of phenolic OH excluding ortho intramolecular Hbond substituents is 1. The summed E-state index contributed by atoms with van der Waals surface area (Å²) in [6.07, 6.45) is -1.11. The van der Waals surface area contributed by atoms with Crippen molar-refractivity contribution in [3.05, 3.63) is 29.8 Å². The number of nitrogens with two attached hydrogens (primary N) is 1. The van der Waals surface area contributed by atoms with Crippen molar-refractivity contribution in [1.29, 1.82) is 0 Å². The monoisotopic (exact) mass is 276 g/mol. The zero-order valence-electron chi connectivity index (χ0n) is 8.24. The number of rotatable bonds is 4. The van der Waals surface area contributed by atoms with E-state index in [1.165, 1.54) is 12.1 Å². The highest BCUT2D eigenvalue weighted by atomic mass is 32.9. The van der Waals surface area contributed by atoms with Gasteiger partial charge in [0.05, 0.1) is 0 Å². The average molecular weight is 276 g/mol. The molecule has 0 amide bonds. The van der Waals surface area contributed by atoms with E-state index in [1.54, 1.807) is 12.1 Å². The minimum Gasteiger partial charge on any atom is -0.508 e. The first kappa shape index (κ1) is 13.4. The average Bonchev–Trinajstić information content (AvgIpc) is 2.20. The van der Waals surface area contributed by atoms with Gasteiger partial charge in [-0.1, -0.05) is 12.1 Å². The molecule has 0 spiro atoms. The fraction of sp³-hybridized carbons (Fsp3) is 0.222. The van der Waals surface area contributed by atoms with Gasteiger partial charge in [-0.05, 0) is 24.1 Å². The molecule has 7 heteroatoms. The van der Waals surface area contributed by atoms with Gasteiger partial charge in [0, 0.05) is 0 Å². The summed E-state index contributed by atoms with van der Waals surface area (Å²) in [5, 5.41) is 9.07. The third-order valence-corrected chi connectivity index (χ3v) is 2.67. The van der Waals surface area contributed by atoms with Crippen molar-refractivity contribution >= 4 is 36.2 Å². The number of benzene rings is 1. The second-order valence-corrected chi connectivity index (χ2v) is 6.68. The second-order valence-electron chi connectivity index (χ2n) is 3.13. The summed E-state index contributed by atoms with van der Waals surface area (Å²) in [6, 6.07) is 5.70. The number of thiol groups is 1. The topological polar surface area (TPSA) is 72.5 Å². The summed E-state index contributed by atoms with van der Waals surface area (Å²) in [6.45, 7) is 0. The van der Waals surface area contributed by atoms with E-state index in [9.17, 15) is 4.79 Å². The quantitative estimate of drug-likeness (QED) is 0.574. The van der Waals surface area contributed by atoms with Crippen LogP contribution in [0.5, 0.6) is 5.75 Å². The van der Waals surface area contributed by atoms with E-state index < -0.39 is 18.1 Å². The van der Waals surface area contributed by atoms with Crippen molar-refractivity contribution in [3.63, 3.8) is 0 Å². The molecule has 0 saturated heterocycles. The molecule has 1 aromatic rings. The van der Waals surface area contributed by atoms with Crippen molar-refractivity contribution in [1.82, 2.24) is 0 Å². The molecule has 1 unspecified atom stereocenters. The van der Waals surface area contributed by atoms with Gasteiger partial charge in [-0.2, -0.15) is 0 Å². The molecule has 0 aliphatic rings. The molecule has 1 aromatic carbocycles. The lowest BCUT2D eigenvalue weighted by molar-refractivity contribution is -0.134. The van der Waals surface area contributed by atoms with Crippen LogP contribution in [0.1, 0.15) is 5.56 Å². The number of carbonyl (C=O) groups is 1. The number of aromatic hydroxyl groups is 1. The van der Waals surface area contributed by atoms with E-state index in [-0.39, 0.29) is 5.75 Å². The third kappa shape index (κ3) is 4.45. The van der Waals surface area contributed by atoms with Gasteiger partial charge in [0.15, 0.2) is 0 Å². The molecule has 16 heavy (non-hydrogen) atoms. The van der Waals surface area contributed by atoms with Gasteiger partial charge in [-0.3, -0.25) is 0 Å². The summed E-state index contributed by atoms with van der Waals surface area (Å²) < 4.78 is 4.74. The fourth-order valence-electron chi connectivity index (χ4n) is 1.11. The van der Waals surface area contributed by atoms with E-state index in [0.29, 0.717) is 6.42 Å². The van der Waals surface area contributed by atoms with Crippen LogP contribution in [0.15, 0.2) is 24.3 Å². The van der Waals surface area contributed by atoms with Crippen molar-refractivity contribution in [2.75, 3.05) is 0 Å². The Hall–Kier alpha value is -0.680. The number of phenols is 1. The number of hydrogen-bond acceptors (Lipinski definition) is 5. The van der Waals surface area contributed by atoms with Gasteiger partial charge in [0.2, 0.25) is 11.8 Å². The first-order valence-electron chi connectivity index (χ1n) is 4.40. The Balaban J connectivity index is 2.57. The number of carbonyl (C=O) groups excluding carboxylic acids is 1. The predicted octanol–water partition coefficient (Wildman–Crippen LogP) is 1.51. The van der Waals surface area contributed by atoms with E-state index >= 15 is 0 Å². The van der Waals surface area contributed by atoms with Gasteiger partial charge < -0.3 is 10.8 Å². The Bertz CT molecular complexity index is 396. The Morgan fingerprint density at radius 1 is 1.56 bits per heavy atom. The molecule has 2 atom stereocenters. The molecule has 0 saturated carbocycles. The van der Waals surface area contributed by atoms with Crippen LogP contribution in [0.25, 0.3) is 0 Å². The summed E-state index contributed by atoms with van der Waals surface area (Å²) in [4.78, 5) is 11.3. The molecule has 1 rings (SSSR count). The van der Waals surface area contributed by atoms with Crippen LogP contribution in [0.4, 0.5) is 0 Å². The van der Waals surface area contributed by atoms with Gasteiger partial charge in [-0.25, -0.2) is 9.32 Å². The van der Waals surface area contributed by atoms with Gasteiger partial charge in [-0.15, -0.1) is 0 Å². The molecule has 86 valence electrons. The van der Waals surface area contributed by atoms with Gasteiger partial charge >= 0.3 is 12.1 Å². The van der Waals surface area contributed by atoms with E-state index in [1.807, 2.05) is 0 Å². The zero-order valence-corrected chi connectivity index (χ0v) is 10.8. The third-order valence-electron chi connectivity index (χ3n) is 1.86. The Labute approximate surface area is 104 Å². The first-order valence-corrected chi connectivity index (χ1v) is 7.83. The van der Waals surface area contributed by atoms with Crippen molar-refractivity contribution in [2.24, 2.45) is 5.73 Å². The summed E-state index contributed by atoms with van der Waals surface area (Å²) in [5.74, 6) is -0.381. The largest absolute Gasteiger partial charge is 0.508 e. The van der Waals surface area contributed by atoms with Gasteiger partial charge in [0.1, 0.15) is 24.0 Å². The minimum absolute atomic E-state index is 0.171.